The Balaban J connectivity index is 1.28. The van der Waals surface area contributed by atoms with Crippen LogP contribution in [-0.2, 0) is 10.8 Å². The van der Waals surface area contributed by atoms with Crippen molar-refractivity contribution in [3.05, 3.63) is 209 Å². The second-order valence-electron chi connectivity index (χ2n) is 14.3. The highest BCUT2D eigenvalue weighted by Crippen LogP contribution is 2.56. The number of hydrogen-bond donors (Lipinski definition) is 0. The first-order valence-electron chi connectivity index (χ1n) is 17.4. The number of fused-ring (bicyclic) bond motifs is 10. The van der Waals surface area contributed by atoms with Crippen molar-refractivity contribution in [1.82, 2.24) is 0 Å². The molecule has 0 atom stereocenters. The van der Waals surface area contributed by atoms with Gasteiger partial charge in [0.15, 0.2) is 0 Å². The molecule has 3 aliphatic carbocycles. The molecule has 0 saturated heterocycles. The number of allylic oxidation sites excluding steroid dienone is 4. The fourth-order valence-electron chi connectivity index (χ4n) is 8.82. The third-order valence-corrected chi connectivity index (χ3v) is 11.2. The molecule has 1 heteroatoms. The number of benzene rings is 6. The van der Waals surface area contributed by atoms with Crippen molar-refractivity contribution < 1.29 is 0 Å². The summed E-state index contributed by atoms with van der Waals surface area (Å²) in [5.74, 6) is 0. The van der Waals surface area contributed by atoms with Gasteiger partial charge in [-0.15, -0.1) is 0 Å². The predicted octanol–water partition coefficient (Wildman–Crippen LogP) is 12.3. The molecule has 1 spiro atoms. The Labute approximate surface area is 290 Å². The van der Waals surface area contributed by atoms with E-state index in [0.29, 0.717) is 0 Å². The SMILES string of the molecule is C=C1/C=C\C(N(c2ccc(C)cc2)c2ccc3c(c2)C(C)(C)c2ccccc2-3)=C/CC2(c3ccccc31)c1ccccc1-c1ccccc12. The number of nitrogens with zero attached hydrogens (tertiary/aromatic N) is 1. The number of anilines is 2. The molecule has 0 radical (unpaired) electrons. The number of rotatable bonds is 3. The average Bonchev–Trinajstić information content (AvgIpc) is 3.57. The van der Waals surface area contributed by atoms with Crippen LogP contribution in [0.15, 0.2) is 170 Å². The zero-order chi connectivity index (χ0) is 33.3. The maximum Gasteiger partial charge on any atom is 0.0504 e. The lowest BCUT2D eigenvalue weighted by molar-refractivity contribution is 0.641. The van der Waals surface area contributed by atoms with E-state index < -0.39 is 0 Å². The van der Waals surface area contributed by atoms with E-state index >= 15 is 0 Å². The van der Waals surface area contributed by atoms with Crippen molar-refractivity contribution in [2.45, 2.75) is 38.0 Å². The summed E-state index contributed by atoms with van der Waals surface area (Å²) < 4.78 is 0. The maximum atomic E-state index is 4.67. The van der Waals surface area contributed by atoms with Gasteiger partial charge in [0.05, 0.1) is 5.41 Å². The lowest BCUT2D eigenvalue weighted by Gasteiger charge is -2.34. The number of aryl methyl sites for hydroxylation is 1. The van der Waals surface area contributed by atoms with Crippen LogP contribution >= 0.6 is 0 Å². The monoisotopic (exact) mass is 629 g/mol. The standard InChI is InChI=1S/C48H39N/c1-32-21-24-34(25-22-32)49(36-27-28-41-38-14-6-9-17-42(38)47(3,4)46(41)31-36)35-26-23-33(2)37-13-5-10-18-43(37)48(30-29-35)44-19-11-7-15-39(44)40-16-8-12-20-45(40)48/h5-29,31H,2,30H2,1,3-4H3/b26-23-,35-29+. The highest BCUT2D eigenvalue weighted by molar-refractivity contribution is 5.88. The summed E-state index contributed by atoms with van der Waals surface area (Å²) in [6.45, 7) is 11.5. The summed E-state index contributed by atoms with van der Waals surface area (Å²) in [4.78, 5) is 2.44. The van der Waals surface area contributed by atoms with E-state index in [4.69, 9.17) is 0 Å². The van der Waals surface area contributed by atoms with Gasteiger partial charge < -0.3 is 4.90 Å². The first kappa shape index (κ1) is 29.5. The lowest BCUT2D eigenvalue weighted by Crippen LogP contribution is -2.28. The molecule has 6 aromatic rings. The van der Waals surface area contributed by atoms with Crippen LogP contribution in [0.3, 0.4) is 0 Å². The highest BCUT2D eigenvalue weighted by Gasteiger charge is 2.45. The molecule has 0 aromatic heterocycles. The second kappa shape index (κ2) is 10.9. The summed E-state index contributed by atoms with van der Waals surface area (Å²) >= 11 is 0. The van der Waals surface area contributed by atoms with Crippen LogP contribution in [0.5, 0.6) is 0 Å². The summed E-state index contributed by atoms with van der Waals surface area (Å²) in [5.41, 5.74) is 18.5. The quantitative estimate of drug-likeness (QED) is 0.188. The first-order chi connectivity index (χ1) is 23.9. The van der Waals surface area contributed by atoms with E-state index in [1.807, 2.05) is 0 Å². The fraction of sp³-hybridized carbons (Fsp3) is 0.125. The van der Waals surface area contributed by atoms with E-state index in [-0.39, 0.29) is 10.8 Å². The topological polar surface area (TPSA) is 3.24 Å². The van der Waals surface area contributed by atoms with E-state index in [1.165, 1.54) is 61.2 Å². The van der Waals surface area contributed by atoms with Crippen molar-refractivity contribution in [3.8, 4) is 22.3 Å². The molecular weight excluding hydrogens is 591 g/mol. The zero-order valence-electron chi connectivity index (χ0n) is 28.4. The van der Waals surface area contributed by atoms with Gasteiger partial charge in [0.2, 0.25) is 0 Å². The van der Waals surface area contributed by atoms with E-state index in [1.54, 1.807) is 0 Å². The predicted molar refractivity (Wildman–Crippen MR) is 206 cm³/mol. The van der Waals surface area contributed by atoms with Gasteiger partial charge in [0.25, 0.3) is 0 Å². The molecular formula is C48H39N. The smallest absolute Gasteiger partial charge is 0.0504 e. The Kier molecular flexibility index (Phi) is 6.58. The van der Waals surface area contributed by atoms with Crippen LogP contribution in [-0.4, -0.2) is 0 Å². The van der Waals surface area contributed by atoms with Crippen LogP contribution in [0.2, 0.25) is 0 Å². The number of hydrogen-bond acceptors (Lipinski definition) is 1. The molecule has 3 aliphatic rings. The Hall–Kier alpha value is -5.66. The maximum absolute atomic E-state index is 4.67. The summed E-state index contributed by atoms with van der Waals surface area (Å²) in [6, 6.07) is 51.8. The lowest BCUT2D eigenvalue weighted by atomic mass is 9.68. The van der Waals surface area contributed by atoms with Gasteiger partial charge >= 0.3 is 0 Å². The first-order valence-corrected chi connectivity index (χ1v) is 17.4. The van der Waals surface area contributed by atoms with Crippen molar-refractivity contribution in [2.24, 2.45) is 0 Å². The van der Waals surface area contributed by atoms with Crippen LogP contribution in [0.4, 0.5) is 11.4 Å². The van der Waals surface area contributed by atoms with E-state index in [2.05, 4.69) is 190 Å². The minimum absolute atomic E-state index is 0.0965. The van der Waals surface area contributed by atoms with Crippen molar-refractivity contribution in [2.75, 3.05) is 4.90 Å². The van der Waals surface area contributed by atoms with Crippen LogP contribution in [0.25, 0.3) is 27.8 Å². The molecule has 0 bridgehead atoms. The molecule has 6 aromatic carbocycles. The van der Waals surface area contributed by atoms with Gasteiger partial charge in [-0.1, -0.05) is 153 Å². The van der Waals surface area contributed by atoms with Crippen molar-refractivity contribution in [3.63, 3.8) is 0 Å². The van der Waals surface area contributed by atoms with Gasteiger partial charge in [-0.2, -0.15) is 0 Å². The molecule has 0 fully saturated rings. The molecule has 0 unspecified atom stereocenters. The van der Waals surface area contributed by atoms with E-state index in [0.717, 1.165) is 29.1 Å². The van der Waals surface area contributed by atoms with Gasteiger partial charge in [0.1, 0.15) is 0 Å². The molecule has 0 N–H and O–H groups in total. The summed E-state index contributed by atoms with van der Waals surface area (Å²) in [7, 11) is 0. The second-order valence-corrected chi connectivity index (χ2v) is 14.3. The third kappa shape index (κ3) is 4.32. The van der Waals surface area contributed by atoms with Crippen molar-refractivity contribution >= 4 is 16.9 Å². The van der Waals surface area contributed by atoms with Gasteiger partial charge in [-0.25, -0.2) is 0 Å². The molecule has 0 heterocycles. The average molecular weight is 630 g/mol. The summed E-state index contributed by atoms with van der Waals surface area (Å²) in [6.07, 6.45) is 7.76. The van der Waals surface area contributed by atoms with Gasteiger partial charge in [-0.3, -0.25) is 0 Å². The molecule has 0 amide bonds. The van der Waals surface area contributed by atoms with Crippen molar-refractivity contribution in [1.29, 1.82) is 0 Å². The highest BCUT2D eigenvalue weighted by atomic mass is 15.1. The summed E-state index contributed by atoms with van der Waals surface area (Å²) in [5, 5.41) is 0. The minimum atomic E-state index is -0.371. The van der Waals surface area contributed by atoms with Crippen LogP contribution in [0.1, 0.15) is 59.2 Å². The molecule has 0 aliphatic heterocycles. The fourth-order valence-corrected chi connectivity index (χ4v) is 8.82. The minimum Gasteiger partial charge on any atom is -0.311 e. The molecule has 0 saturated carbocycles. The van der Waals surface area contributed by atoms with E-state index in [9.17, 15) is 0 Å². The van der Waals surface area contributed by atoms with Gasteiger partial charge in [-0.05, 0) is 105 Å². The Bertz CT molecular complexity index is 2320. The van der Waals surface area contributed by atoms with Crippen LogP contribution in [0, 0.1) is 6.92 Å². The molecule has 49 heavy (non-hydrogen) atoms. The Morgan fingerprint density at radius 1 is 0.510 bits per heavy atom. The third-order valence-electron chi connectivity index (χ3n) is 11.2. The molecule has 9 rings (SSSR count). The molecule has 236 valence electrons. The Morgan fingerprint density at radius 2 is 1.00 bits per heavy atom. The largest absolute Gasteiger partial charge is 0.311 e. The zero-order valence-corrected chi connectivity index (χ0v) is 28.4. The van der Waals surface area contributed by atoms with Crippen LogP contribution < -0.4 is 4.90 Å². The van der Waals surface area contributed by atoms with Gasteiger partial charge in [0, 0.05) is 22.5 Å². The Morgan fingerprint density at radius 3 is 1.63 bits per heavy atom. The normalized spacial score (nSPS) is 17.7. The molecule has 1 nitrogen and oxygen atoms in total.